The van der Waals surface area contributed by atoms with Crippen molar-refractivity contribution >= 4 is 40.6 Å². The smallest absolute Gasteiger partial charge is 0.252 e. The molecule has 2 atom stereocenters. The SMILES string of the molecule is CCN1OC[C@@H](CC(=O)c2ccc(C3=NOC(C)(c4cc(Cl)cc(Cl)c4)C3)cc2C)C1=O. The van der Waals surface area contributed by atoms with E-state index in [-0.39, 0.29) is 24.7 Å². The molecule has 0 aromatic heterocycles. The molecule has 0 N–H and O–H groups in total. The van der Waals surface area contributed by atoms with Crippen LogP contribution in [0.1, 0.15) is 53.7 Å². The van der Waals surface area contributed by atoms with Gasteiger partial charge in [-0.1, -0.05) is 40.5 Å². The zero-order valence-electron chi connectivity index (χ0n) is 18.2. The van der Waals surface area contributed by atoms with Crippen molar-refractivity contribution in [2.24, 2.45) is 11.1 Å². The maximum atomic E-state index is 12.8. The number of nitrogens with zero attached hydrogens (tertiary/aromatic N) is 2. The molecule has 6 nitrogen and oxygen atoms in total. The van der Waals surface area contributed by atoms with Crippen LogP contribution < -0.4 is 0 Å². The summed E-state index contributed by atoms with van der Waals surface area (Å²) >= 11 is 12.3. The standard InChI is InChI=1S/C24H24Cl2N2O4/c1-4-28-23(30)16(13-31-28)8-22(29)20-6-5-15(7-14(20)2)21-12-24(3,32-27-21)17-9-18(25)11-19(26)10-17/h5-7,9-11,16H,4,8,12-13H2,1-3H3/t16-,24?/m1/s1. The summed E-state index contributed by atoms with van der Waals surface area (Å²) in [5, 5.41) is 6.69. The van der Waals surface area contributed by atoms with Gasteiger partial charge in [-0.2, -0.15) is 0 Å². The van der Waals surface area contributed by atoms with Gasteiger partial charge in [0, 0.05) is 40.6 Å². The number of amides is 1. The van der Waals surface area contributed by atoms with Gasteiger partial charge in [0.25, 0.3) is 5.91 Å². The highest BCUT2D eigenvalue weighted by atomic mass is 35.5. The topological polar surface area (TPSA) is 68.2 Å². The molecule has 2 aromatic carbocycles. The summed E-state index contributed by atoms with van der Waals surface area (Å²) in [6.45, 7) is 6.38. The second kappa shape index (κ2) is 8.85. The summed E-state index contributed by atoms with van der Waals surface area (Å²) in [4.78, 5) is 36.2. The van der Waals surface area contributed by atoms with Crippen LogP contribution in [0.25, 0.3) is 0 Å². The Labute approximate surface area is 197 Å². The van der Waals surface area contributed by atoms with Crippen LogP contribution in [0.5, 0.6) is 0 Å². The van der Waals surface area contributed by atoms with Crippen LogP contribution in [-0.2, 0) is 20.1 Å². The molecular weight excluding hydrogens is 451 g/mol. The zero-order chi connectivity index (χ0) is 23.0. The summed E-state index contributed by atoms with van der Waals surface area (Å²) in [6.07, 6.45) is 0.671. The third kappa shape index (κ3) is 4.40. The minimum Gasteiger partial charge on any atom is -0.384 e. The molecule has 32 heavy (non-hydrogen) atoms. The maximum absolute atomic E-state index is 12.8. The highest BCUT2D eigenvalue weighted by Crippen LogP contribution is 2.38. The average molecular weight is 475 g/mol. The third-order valence-corrected chi connectivity index (χ3v) is 6.38. The van der Waals surface area contributed by atoms with Gasteiger partial charge in [-0.3, -0.25) is 14.4 Å². The van der Waals surface area contributed by atoms with E-state index in [1.807, 2.05) is 45.0 Å². The van der Waals surface area contributed by atoms with Crippen molar-refractivity contribution in [3.63, 3.8) is 0 Å². The molecule has 2 aliphatic rings. The minimum absolute atomic E-state index is 0.0722. The molecule has 2 aliphatic heterocycles. The first-order chi connectivity index (χ1) is 15.2. The van der Waals surface area contributed by atoms with E-state index in [0.717, 1.165) is 22.4 Å². The van der Waals surface area contributed by atoms with E-state index >= 15 is 0 Å². The largest absolute Gasteiger partial charge is 0.384 e. The van der Waals surface area contributed by atoms with Gasteiger partial charge in [0.05, 0.1) is 18.2 Å². The highest BCUT2D eigenvalue weighted by Gasteiger charge is 2.38. The Bertz CT molecular complexity index is 1100. The van der Waals surface area contributed by atoms with E-state index in [2.05, 4.69) is 5.16 Å². The highest BCUT2D eigenvalue weighted by molar-refractivity contribution is 6.34. The molecule has 1 amide bonds. The first-order valence-electron chi connectivity index (χ1n) is 10.5. The van der Waals surface area contributed by atoms with Crippen LogP contribution in [0.2, 0.25) is 10.0 Å². The van der Waals surface area contributed by atoms with Gasteiger partial charge in [0.2, 0.25) is 0 Å². The van der Waals surface area contributed by atoms with Crippen molar-refractivity contribution in [2.75, 3.05) is 13.2 Å². The van der Waals surface area contributed by atoms with E-state index < -0.39 is 11.5 Å². The summed E-state index contributed by atoms with van der Waals surface area (Å²) in [5.41, 5.74) is 3.26. The number of halogens is 2. The van der Waals surface area contributed by atoms with Crippen LogP contribution in [0.3, 0.4) is 0 Å². The lowest BCUT2D eigenvalue weighted by molar-refractivity contribution is -0.160. The predicted molar refractivity (Wildman–Crippen MR) is 123 cm³/mol. The quantitative estimate of drug-likeness (QED) is 0.530. The lowest BCUT2D eigenvalue weighted by atomic mass is 9.88. The van der Waals surface area contributed by atoms with Crippen molar-refractivity contribution in [1.29, 1.82) is 0 Å². The fourth-order valence-corrected chi connectivity index (χ4v) is 4.64. The molecule has 2 aromatic rings. The second-order valence-electron chi connectivity index (χ2n) is 8.38. The van der Waals surface area contributed by atoms with Crippen molar-refractivity contribution in [3.05, 3.63) is 68.7 Å². The molecule has 2 heterocycles. The Morgan fingerprint density at radius 3 is 2.56 bits per heavy atom. The molecule has 0 spiro atoms. The number of hydrogen-bond donors (Lipinski definition) is 0. The Kier molecular flexibility index (Phi) is 6.30. The van der Waals surface area contributed by atoms with Crippen molar-refractivity contribution in [2.45, 2.75) is 39.2 Å². The number of benzene rings is 2. The van der Waals surface area contributed by atoms with Crippen molar-refractivity contribution in [1.82, 2.24) is 5.06 Å². The molecule has 1 saturated heterocycles. The average Bonchev–Trinajstić information content (AvgIpc) is 3.31. The number of oxime groups is 1. The number of carbonyl (C=O) groups is 2. The molecule has 8 heteroatoms. The second-order valence-corrected chi connectivity index (χ2v) is 9.25. The van der Waals surface area contributed by atoms with Gasteiger partial charge in [-0.15, -0.1) is 0 Å². The molecular formula is C24H24Cl2N2O4. The van der Waals surface area contributed by atoms with Crippen molar-refractivity contribution in [3.8, 4) is 0 Å². The van der Waals surface area contributed by atoms with Gasteiger partial charge >= 0.3 is 0 Å². The molecule has 168 valence electrons. The van der Waals surface area contributed by atoms with E-state index in [1.54, 1.807) is 12.1 Å². The Morgan fingerprint density at radius 2 is 1.94 bits per heavy atom. The normalized spacial score (nSPS) is 22.8. The van der Waals surface area contributed by atoms with Crippen LogP contribution in [-0.4, -0.2) is 35.6 Å². The lowest BCUT2D eigenvalue weighted by Crippen LogP contribution is -2.27. The number of carbonyl (C=O) groups excluding carboxylic acids is 2. The number of hydrogen-bond acceptors (Lipinski definition) is 5. The Morgan fingerprint density at radius 1 is 1.22 bits per heavy atom. The molecule has 0 aliphatic carbocycles. The molecule has 1 unspecified atom stereocenters. The first-order valence-corrected chi connectivity index (χ1v) is 11.3. The number of aryl methyl sites for hydroxylation is 1. The number of ketones is 1. The van der Waals surface area contributed by atoms with Crippen LogP contribution in [0, 0.1) is 12.8 Å². The number of rotatable bonds is 6. The summed E-state index contributed by atoms with van der Waals surface area (Å²) in [6, 6.07) is 10.9. The molecule has 1 fully saturated rings. The third-order valence-electron chi connectivity index (χ3n) is 5.94. The molecule has 0 bridgehead atoms. The fraction of sp³-hybridized carbons (Fsp3) is 0.375. The van der Waals surface area contributed by atoms with E-state index in [4.69, 9.17) is 32.9 Å². The van der Waals surface area contributed by atoms with Gasteiger partial charge in [-0.05, 0) is 56.2 Å². The summed E-state index contributed by atoms with van der Waals surface area (Å²) in [7, 11) is 0. The molecule has 4 rings (SSSR count). The van der Waals surface area contributed by atoms with Gasteiger partial charge < -0.3 is 4.84 Å². The zero-order valence-corrected chi connectivity index (χ0v) is 19.7. The first kappa shape index (κ1) is 22.8. The Hall–Kier alpha value is -2.41. The van der Waals surface area contributed by atoms with Gasteiger partial charge in [0.1, 0.15) is 0 Å². The molecule has 0 radical (unpaired) electrons. The van der Waals surface area contributed by atoms with E-state index in [1.165, 1.54) is 5.06 Å². The molecule has 0 saturated carbocycles. The summed E-state index contributed by atoms with van der Waals surface area (Å²) < 4.78 is 0. The van der Waals surface area contributed by atoms with Crippen LogP contribution in [0.15, 0.2) is 41.6 Å². The van der Waals surface area contributed by atoms with Gasteiger partial charge in [-0.25, -0.2) is 5.06 Å². The number of hydroxylamine groups is 2. The van der Waals surface area contributed by atoms with Gasteiger partial charge in [0.15, 0.2) is 11.4 Å². The predicted octanol–water partition coefficient (Wildman–Crippen LogP) is 5.32. The van der Waals surface area contributed by atoms with Crippen LogP contribution in [0.4, 0.5) is 0 Å². The van der Waals surface area contributed by atoms with Crippen LogP contribution >= 0.6 is 23.2 Å². The minimum atomic E-state index is -0.680. The fourth-order valence-electron chi connectivity index (χ4n) is 4.11. The maximum Gasteiger partial charge on any atom is 0.252 e. The monoisotopic (exact) mass is 474 g/mol. The Balaban J connectivity index is 1.48. The van der Waals surface area contributed by atoms with Crippen molar-refractivity contribution < 1.29 is 19.3 Å². The van der Waals surface area contributed by atoms with E-state index in [0.29, 0.717) is 28.6 Å². The summed E-state index contributed by atoms with van der Waals surface area (Å²) in [5.74, 6) is -0.635. The van der Waals surface area contributed by atoms with E-state index in [9.17, 15) is 9.59 Å². The lowest BCUT2D eigenvalue weighted by Gasteiger charge is -2.22. The number of Topliss-reactive ketones (excluding diaryl/α,β-unsaturated/α-hetero) is 1.